The number of benzene rings is 2. The van der Waals surface area contributed by atoms with Crippen molar-refractivity contribution >= 4 is 45.2 Å². The number of halogens is 1. The van der Waals surface area contributed by atoms with E-state index in [0.29, 0.717) is 13.0 Å². The summed E-state index contributed by atoms with van der Waals surface area (Å²) in [7, 11) is 0. The van der Waals surface area contributed by atoms with E-state index < -0.39 is 44.7 Å². The minimum atomic E-state index is -1.39. The second kappa shape index (κ2) is 20.2. The molecule has 1 N–H and O–H groups in total. The Bertz CT molecular complexity index is 1510. The topological polar surface area (TPSA) is 208 Å². The molecule has 2 rings (SSSR count). The highest BCUT2D eigenvalue weighted by Crippen LogP contribution is 2.25. The molecule has 0 bridgehead atoms. The van der Waals surface area contributed by atoms with Crippen LogP contribution >= 0.6 is 15.9 Å². The van der Waals surface area contributed by atoms with Gasteiger partial charge in [0.25, 0.3) is 11.4 Å². The van der Waals surface area contributed by atoms with Gasteiger partial charge in [0.1, 0.15) is 24.3 Å². The smallest absolute Gasteiger partial charge is 0.343 e. The molecule has 52 heavy (non-hydrogen) atoms. The quantitative estimate of drug-likeness (QED) is 0.0380. The van der Waals surface area contributed by atoms with E-state index in [0.717, 1.165) is 0 Å². The van der Waals surface area contributed by atoms with Gasteiger partial charge in [0.15, 0.2) is 11.2 Å². The fourth-order valence-corrected chi connectivity index (χ4v) is 4.24. The molecule has 2 unspecified atom stereocenters. The Morgan fingerprint density at radius 3 is 1.81 bits per heavy atom. The van der Waals surface area contributed by atoms with Crippen LogP contribution in [0, 0.1) is 20.2 Å². The molecular formula is C34H47BrN4O13. The number of ether oxygens (including phenoxy) is 5. The molecule has 0 aliphatic heterocycles. The van der Waals surface area contributed by atoms with Crippen molar-refractivity contribution in [2.24, 2.45) is 0 Å². The summed E-state index contributed by atoms with van der Waals surface area (Å²) in [6.45, 7) is 12.3. The third kappa shape index (κ3) is 14.5. The predicted octanol–water partition coefficient (Wildman–Crippen LogP) is 5.27. The number of hydrogen-bond acceptors (Lipinski definition) is 14. The van der Waals surface area contributed by atoms with E-state index >= 15 is 0 Å². The Balaban J connectivity index is 1.97. The van der Waals surface area contributed by atoms with Crippen molar-refractivity contribution in [3.05, 3.63) is 68.8 Å². The summed E-state index contributed by atoms with van der Waals surface area (Å²) in [6.07, 6.45) is -0.0834. The summed E-state index contributed by atoms with van der Waals surface area (Å²) in [6, 6.07) is 10.2. The zero-order chi connectivity index (χ0) is 39.1. The minimum absolute atomic E-state index is 0.0326. The molecule has 2 atom stereocenters. The molecule has 288 valence electrons. The number of nitrogens with zero attached hydrogens (tertiary/aromatic N) is 3. The number of amides is 1. The molecule has 1 amide bonds. The summed E-state index contributed by atoms with van der Waals surface area (Å²) in [4.78, 5) is 64.7. The Morgan fingerprint density at radius 2 is 1.35 bits per heavy atom. The maximum absolute atomic E-state index is 13.1. The summed E-state index contributed by atoms with van der Waals surface area (Å²) < 4.78 is 28.8. The molecule has 17 nitrogen and oxygen atoms in total. The number of nitro benzene ring substituents is 2. The number of rotatable bonds is 23. The van der Waals surface area contributed by atoms with Gasteiger partial charge < -0.3 is 29.0 Å². The van der Waals surface area contributed by atoms with Crippen LogP contribution in [0.4, 0.5) is 11.4 Å². The van der Waals surface area contributed by atoms with Gasteiger partial charge in [-0.3, -0.25) is 29.9 Å². The molecular weight excluding hydrogens is 752 g/mol. The van der Waals surface area contributed by atoms with E-state index in [9.17, 15) is 34.6 Å². The molecule has 0 saturated heterocycles. The van der Waals surface area contributed by atoms with Crippen molar-refractivity contribution in [1.29, 1.82) is 0 Å². The molecule has 2 aromatic rings. The normalized spacial score (nSPS) is 13.6. The lowest BCUT2D eigenvalue weighted by molar-refractivity contribution is -0.385. The number of non-ortho nitro benzene ring substituents is 2. The lowest BCUT2D eigenvalue weighted by Crippen LogP contribution is -2.47. The maximum Gasteiger partial charge on any atom is 0.343 e. The van der Waals surface area contributed by atoms with Crippen molar-refractivity contribution < 1.29 is 52.8 Å². The van der Waals surface area contributed by atoms with Gasteiger partial charge in [0.2, 0.25) is 5.91 Å². The second-order valence-corrected chi connectivity index (χ2v) is 13.3. The molecule has 0 aliphatic rings. The summed E-state index contributed by atoms with van der Waals surface area (Å²) in [5, 5.41) is 26.1. The minimum Gasteiger partial charge on any atom is -0.424 e. The van der Waals surface area contributed by atoms with Crippen molar-refractivity contribution in [3.8, 4) is 11.5 Å². The predicted molar refractivity (Wildman–Crippen MR) is 191 cm³/mol. The van der Waals surface area contributed by atoms with Gasteiger partial charge in [-0.25, -0.2) is 9.59 Å². The van der Waals surface area contributed by atoms with Crippen molar-refractivity contribution in [2.75, 3.05) is 38.4 Å². The zero-order valence-corrected chi connectivity index (χ0v) is 32.0. The highest BCUT2D eigenvalue weighted by Gasteiger charge is 2.36. The monoisotopic (exact) mass is 798 g/mol. The summed E-state index contributed by atoms with van der Waals surface area (Å²) >= 11 is 3.12. The number of alkyl halides is 1. The first-order chi connectivity index (χ1) is 24.3. The van der Waals surface area contributed by atoms with Crippen LogP contribution in [0.25, 0.3) is 0 Å². The average molecular weight is 800 g/mol. The standard InChI is InChI=1S/C34H47BrN4O13/c1-8-34(7,31(42)51-27-16-12-25(13-17-27)39(45)46)49-23-37(9-2)52-28(21-36-29(40)20-35)22-48-32(3,4)18-19-47-33(5,6)30(41)50-26-14-10-24(11-15-26)38(43)44/h10-17,28H,8-9,18-23H2,1-7H3,(H,36,40). The largest absolute Gasteiger partial charge is 0.424 e. The molecule has 0 fully saturated rings. The number of carbonyl (C=O) groups is 3. The zero-order valence-electron chi connectivity index (χ0n) is 30.4. The fraction of sp³-hybridized carbons (Fsp3) is 0.559. The van der Waals surface area contributed by atoms with Gasteiger partial charge in [-0.2, -0.15) is 5.06 Å². The number of hydroxylamine groups is 2. The third-order valence-electron chi connectivity index (χ3n) is 7.77. The van der Waals surface area contributed by atoms with Gasteiger partial charge in [0.05, 0.1) is 34.0 Å². The van der Waals surface area contributed by atoms with Gasteiger partial charge in [0, 0.05) is 37.4 Å². The van der Waals surface area contributed by atoms with Gasteiger partial charge in [-0.1, -0.05) is 22.9 Å². The molecule has 0 aliphatic carbocycles. The number of carbonyl (C=O) groups excluding carboxylic acids is 3. The number of esters is 2. The first-order valence-electron chi connectivity index (χ1n) is 16.4. The van der Waals surface area contributed by atoms with E-state index in [1.807, 2.05) is 20.8 Å². The van der Waals surface area contributed by atoms with Crippen LogP contribution in [0.2, 0.25) is 0 Å². The van der Waals surface area contributed by atoms with Crippen LogP contribution in [0.5, 0.6) is 11.5 Å². The van der Waals surface area contributed by atoms with Crippen LogP contribution in [0.15, 0.2) is 48.5 Å². The second-order valence-electron chi connectivity index (χ2n) is 12.8. The third-order valence-corrected chi connectivity index (χ3v) is 8.28. The lowest BCUT2D eigenvalue weighted by Gasteiger charge is -2.33. The molecule has 2 aromatic carbocycles. The summed E-state index contributed by atoms with van der Waals surface area (Å²) in [5.41, 5.74) is -3.77. The van der Waals surface area contributed by atoms with Crippen LogP contribution in [-0.4, -0.2) is 94.0 Å². The summed E-state index contributed by atoms with van der Waals surface area (Å²) in [5.74, 6) is -1.38. The van der Waals surface area contributed by atoms with E-state index in [1.54, 1.807) is 27.7 Å². The molecule has 18 heteroatoms. The molecule has 0 heterocycles. The number of nitro groups is 2. The molecule has 0 aromatic heterocycles. The fourth-order valence-electron chi connectivity index (χ4n) is 4.05. The van der Waals surface area contributed by atoms with Crippen molar-refractivity contribution in [1.82, 2.24) is 10.4 Å². The SMILES string of the molecule is CCN(COC(C)(CC)C(=O)Oc1ccc([N+](=O)[O-])cc1)OC(CNC(=O)CBr)COC(C)(C)CCOC(C)(C)C(=O)Oc1ccc([N+](=O)[O-])cc1. The Kier molecular flexibility index (Phi) is 17.2. The molecule has 0 spiro atoms. The van der Waals surface area contributed by atoms with Gasteiger partial charge in [-0.05, 0) is 78.6 Å². The molecule has 0 radical (unpaired) electrons. The van der Waals surface area contributed by atoms with Gasteiger partial charge >= 0.3 is 11.9 Å². The Morgan fingerprint density at radius 1 is 0.827 bits per heavy atom. The van der Waals surface area contributed by atoms with Crippen molar-refractivity contribution in [3.63, 3.8) is 0 Å². The lowest BCUT2D eigenvalue weighted by atomic mass is 10.0. The van der Waals surface area contributed by atoms with E-state index in [1.165, 1.54) is 53.6 Å². The van der Waals surface area contributed by atoms with Crippen molar-refractivity contribution in [2.45, 2.75) is 84.2 Å². The molecule has 0 saturated carbocycles. The van der Waals surface area contributed by atoms with Crippen LogP contribution in [-0.2, 0) is 33.4 Å². The highest BCUT2D eigenvalue weighted by molar-refractivity contribution is 9.09. The number of hydrogen-bond donors (Lipinski definition) is 1. The first-order valence-corrected chi connectivity index (χ1v) is 17.6. The maximum atomic E-state index is 13.1. The van der Waals surface area contributed by atoms with Crippen LogP contribution in [0.1, 0.15) is 61.3 Å². The van der Waals surface area contributed by atoms with Gasteiger partial charge in [-0.15, -0.1) is 0 Å². The average Bonchev–Trinajstić information content (AvgIpc) is 3.10. The van der Waals surface area contributed by atoms with E-state index in [2.05, 4.69) is 21.2 Å². The highest BCUT2D eigenvalue weighted by atomic mass is 79.9. The first kappa shape index (κ1) is 44.1. The van der Waals surface area contributed by atoms with Crippen LogP contribution < -0.4 is 14.8 Å². The Hall–Kier alpha value is -4.07. The van der Waals surface area contributed by atoms with Crippen LogP contribution in [0.3, 0.4) is 0 Å². The Labute approximate surface area is 310 Å². The van der Waals surface area contributed by atoms with E-state index in [4.69, 9.17) is 28.5 Å². The number of nitrogens with one attached hydrogen (secondary N) is 1. The van der Waals surface area contributed by atoms with E-state index in [-0.39, 0.29) is 67.0 Å².